The minimum absolute atomic E-state index is 1.09. The van der Waals surface area contributed by atoms with E-state index in [-0.39, 0.29) is 0 Å². The zero-order valence-electron chi connectivity index (χ0n) is 10.6. The normalized spacial score (nSPS) is 13.6. The van der Waals surface area contributed by atoms with Crippen molar-refractivity contribution in [2.45, 2.75) is 25.0 Å². The summed E-state index contributed by atoms with van der Waals surface area (Å²) < 4.78 is 8.99. The van der Waals surface area contributed by atoms with Crippen LogP contribution in [-0.2, 0) is 0 Å². The summed E-state index contributed by atoms with van der Waals surface area (Å²) in [6, 6.07) is 17.2. The average molecular weight is 300 g/mol. The van der Waals surface area contributed by atoms with E-state index in [9.17, 15) is 0 Å². The third-order valence-corrected chi connectivity index (χ3v) is 8.86. The fourth-order valence-electron chi connectivity index (χ4n) is 2.34. The van der Waals surface area contributed by atoms with Gasteiger partial charge in [-0.2, -0.15) is 0 Å². The van der Waals surface area contributed by atoms with Crippen LogP contribution in [-0.4, -0.2) is 14.7 Å². The van der Waals surface area contributed by atoms with E-state index in [1.54, 1.807) is 0 Å². The Kier molecular flexibility index (Phi) is 3.43. The first-order valence-corrected chi connectivity index (χ1v) is 9.74. The number of rotatable bonds is 3. The minimum atomic E-state index is -1.14. The maximum absolute atomic E-state index is 6.02. The van der Waals surface area contributed by atoms with Crippen LogP contribution in [0.2, 0.25) is 5.21 Å². The van der Waals surface area contributed by atoms with Crippen molar-refractivity contribution in [1.29, 1.82) is 0 Å². The topological polar surface area (TPSA) is 9.23 Å². The van der Waals surface area contributed by atoms with Gasteiger partial charge < -0.3 is 0 Å². The Bertz CT molecular complexity index is 505. The van der Waals surface area contributed by atoms with Crippen LogP contribution >= 0.6 is 0 Å². The van der Waals surface area contributed by atoms with E-state index < -0.39 is 14.7 Å². The second-order valence-electron chi connectivity index (χ2n) is 4.54. The van der Waals surface area contributed by atoms with Gasteiger partial charge in [-0.15, -0.1) is 0 Å². The van der Waals surface area contributed by atoms with Crippen molar-refractivity contribution in [2.24, 2.45) is 0 Å². The fourth-order valence-corrected chi connectivity index (χ4v) is 7.96. The summed E-state index contributed by atoms with van der Waals surface area (Å²) in [5, 5.41) is 1.35. The van der Waals surface area contributed by atoms with Crippen molar-refractivity contribution < 1.29 is 4.74 Å². The van der Waals surface area contributed by atoms with Crippen LogP contribution in [0.4, 0.5) is 0 Å². The second-order valence-corrected chi connectivity index (χ2v) is 9.30. The van der Waals surface area contributed by atoms with Gasteiger partial charge in [0, 0.05) is 0 Å². The van der Waals surface area contributed by atoms with Crippen molar-refractivity contribution in [3.05, 3.63) is 48.5 Å². The molecule has 1 nitrogen and oxygen atoms in total. The molecule has 0 spiro atoms. The van der Waals surface area contributed by atoms with Crippen LogP contribution in [0, 0.1) is 0 Å². The van der Waals surface area contributed by atoms with E-state index in [0.29, 0.717) is 0 Å². The molecule has 0 aliphatic carbocycles. The molecular weight excluding hydrogens is 283 g/mol. The Hall–Kier alpha value is -1.20. The molecule has 0 bridgehead atoms. The maximum atomic E-state index is 6.02. The van der Waals surface area contributed by atoms with Crippen molar-refractivity contribution in [3.63, 3.8) is 0 Å². The first kappa shape index (κ1) is 11.9. The van der Waals surface area contributed by atoms with Gasteiger partial charge in [0.15, 0.2) is 0 Å². The van der Waals surface area contributed by atoms with Crippen molar-refractivity contribution in [2.75, 3.05) is 0 Å². The van der Waals surface area contributed by atoms with E-state index >= 15 is 0 Å². The van der Waals surface area contributed by atoms with Crippen LogP contribution < -0.4 is 13.4 Å². The Morgan fingerprint density at radius 2 is 1.44 bits per heavy atom. The second kappa shape index (κ2) is 5.20. The number of hydrogen-bond acceptors (Lipinski definition) is 1. The predicted molar refractivity (Wildman–Crippen MR) is 77.7 cm³/mol. The average Bonchev–Trinajstić information content (AvgIpc) is 2.43. The molecule has 1 heterocycles. The molecule has 0 aromatic heterocycles. The monoisotopic (exact) mass is 300 g/mol. The van der Waals surface area contributed by atoms with Gasteiger partial charge in [-0.25, -0.2) is 0 Å². The third-order valence-electron chi connectivity index (χ3n) is 3.27. The molecule has 0 saturated carbocycles. The number of hydrogen-bond donors (Lipinski definition) is 0. The molecule has 2 aromatic carbocycles. The summed E-state index contributed by atoms with van der Waals surface area (Å²) in [5.41, 5.74) is 0. The summed E-state index contributed by atoms with van der Waals surface area (Å²) in [7, 11) is 0. The summed E-state index contributed by atoms with van der Waals surface area (Å²) in [6.07, 6.45) is 2.60. The van der Waals surface area contributed by atoms with Crippen LogP contribution in [0.1, 0.15) is 19.8 Å². The number of ether oxygens (including phenoxy) is 1. The summed E-state index contributed by atoms with van der Waals surface area (Å²) in [6.45, 7) is 2.27. The van der Waals surface area contributed by atoms with Gasteiger partial charge in [0.2, 0.25) is 0 Å². The standard InChI is InChI=1S/C16H17AsO/c1-2-3-12-17-13-8-4-6-10-15(13)18-16-11-7-5-9-14(16)17/h4-11H,2-3,12H2,1H3. The van der Waals surface area contributed by atoms with Crippen LogP contribution in [0.25, 0.3) is 0 Å². The SMILES string of the molecule is CCCC[As]1c2ccccc2Oc2ccccc21. The molecule has 0 radical (unpaired) electrons. The zero-order chi connectivity index (χ0) is 12.4. The molecule has 92 valence electrons. The summed E-state index contributed by atoms with van der Waals surface area (Å²) in [4.78, 5) is 0. The van der Waals surface area contributed by atoms with Gasteiger partial charge in [-0.05, 0) is 0 Å². The molecule has 18 heavy (non-hydrogen) atoms. The van der Waals surface area contributed by atoms with Gasteiger partial charge in [0.25, 0.3) is 0 Å². The molecule has 0 amide bonds. The quantitative estimate of drug-likeness (QED) is 0.791. The molecule has 2 heteroatoms. The van der Waals surface area contributed by atoms with Gasteiger partial charge >= 0.3 is 113 Å². The van der Waals surface area contributed by atoms with Crippen LogP contribution in [0.3, 0.4) is 0 Å². The molecule has 0 atom stereocenters. The van der Waals surface area contributed by atoms with E-state index in [2.05, 4.69) is 55.5 Å². The molecule has 2 aromatic rings. The molecule has 0 saturated heterocycles. The van der Waals surface area contributed by atoms with E-state index in [0.717, 1.165) is 11.5 Å². The first-order chi connectivity index (χ1) is 8.90. The van der Waals surface area contributed by atoms with Crippen molar-refractivity contribution >= 4 is 23.4 Å². The van der Waals surface area contributed by atoms with E-state index in [1.807, 2.05) is 0 Å². The van der Waals surface area contributed by atoms with Gasteiger partial charge in [0.05, 0.1) is 0 Å². The van der Waals surface area contributed by atoms with Gasteiger partial charge in [-0.3, -0.25) is 0 Å². The number of para-hydroxylation sites is 2. The molecule has 0 fully saturated rings. The van der Waals surface area contributed by atoms with E-state index in [4.69, 9.17) is 4.74 Å². The van der Waals surface area contributed by atoms with Crippen molar-refractivity contribution in [1.82, 2.24) is 0 Å². The van der Waals surface area contributed by atoms with Gasteiger partial charge in [0.1, 0.15) is 0 Å². The third kappa shape index (κ3) is 2.08. The Labute approximate surface area is 113 Å². The Morgan fingerprint density at radius 3 is 2.00 bits per heavy atom. The molecule has 0 unspecified atom stereocenters. The zero-order valence-corrected chi connectivity index (χ0v) is 12.5. The van der Waals surface area contributed by atoms with E-state index in [1.165, 1.54) is 26.8 Å². The van der Waals surface area contributed by atoms with Crippen LogP contribution in [0.5, 0.6) is 11.5 Å². The number of benzene rings is 2. The molecule has 3 rings (SSSR count). The van der Waals surface area contributed by atoms with Crippen molar-refractivity contribution in [3.8, 4) is 11.5 Å². The Morgan fingerprint density at radius 1 is 0.889 bits per heavy atom. The summed E-state index contributed by atoms with van der Waals surface area (Å²) >= 11 is -1.14. The van der Waals surface area contributed by atoms with Crippen LogP contribution in [0.15, 0.2) is 48.5 Å². The number of fused-ring (bicyclic) bond motifs is 2. The molecule has 1 aliphatic heterocycles. The predicted octanol–water partition coefficient (Wildman–Crippen LogP) is 3.20. The fraction of sp³-hybridized carbons (Fsp3) is 0.250. The first-order valence-electron chi connectivity index (χ1n) is 6.53. The Balaban J connectivity index is 2.05. The molecular formula is C16H17AsO. The summed E-state index contributed by atoms with van der Waals surface area (Å²) in [5.74, 6) is 2.18. The number of unbranched alkanes of at least 4 members (excludes halogenated alkanes) is 1. The molecule has 1 aliphatic rings. The molecule has 0 N–H and O–H groups in total. The van der Waals surface area contributed by atoms with Gasteiger partial charge in [-0.1, -0.05) is 0 Å².